The van der Waals surface area contributed by atoms with Crippen LogP contribution in [0.2, 0.25) is 0 Å². The molecule has 0 rings (SSSR count). The van der Waals surface area contributed by atoms with E-state index in [1.54, 1.807) is 0 Å². The SMILES string of the molecule is CC(C)CCC(C=O)NC(=O)CN(CC(N)=O)C(=O)CCC=O. The first kappa shape index (κ1) is 20.8. The van der Waals surface area contributed by atoms with E-state index >= 15 is 0 Å². The summed E-state index contributed by atoms with van der Waals surface area (Å²) in [5.41, 5.74) is 5.05. The zero-order valence-corrected chi connectivity index (χ0v) is 13.6. The summed E-state index contributed by atoms with van der Waals surface area (Å²) in [5, 5.41) is 2.51. The number of hydrogen-bond donors (Lipinski definition) is 2. The Balaban J connectivity index is 4.61. The molecule has 0 aromatic carbocycles. The van der Waals surface area contributed by atoms with Crippen molar-refractivity contribution in [2.45, 2.75) is 45.6 Å². The van der Waals surface area contributed by atoms with Gasteiger partial charge in [-0.2, -0.15) is 0 Å². The Kier molecular flexibility index (Phi) is 10.2. The highest BCUT2D eigenvalue weighted by molar-refractivity contribution is 5.89. The van der Waals surface area contributed by atoms with Gasteiger partial charge in [-0.05, 0) is 18.8 Å². The lowest BCUT2D eigenvalue weighted by atomic mass is 10.0. The highest BCUT2D eigenvalue weighted by Crippen LogP contribution is 2.06. The molecule has 0 saturated carbocycles. The van der Waals surface area contributed by atoms with Crippen molar-refractivity contribution in [1.82, 2.24) is 10.2 Å². The van der Waals surface area contributed by atoms with Gasteiger partial charge in [-0.25, -0.2) is 0 Å². The molecule has 3 N–H and O–H groups in total. The van der Waals surface area contributed by atoms with Crippen LogP contribution in [0.15, 0.2) is 0 Å². The molecule has 0 bridgehead atoms. The van der Waals surface area contributed by atoms with Crippen LogP contribution < -0.4 is 11.1 Å². The first-order valence-corrected chi connectivity index (χ1v) is 7.54. The summed E-state index contributed by atoms with van der Waals surface area (Å²) in [6.45, 7) is 3.21. The smallest absolute Gasteiger partial charge is 0.240 e. The fraction of sp³-hybridized carbons (Fsp3) is 0.667. The summed E-state index contributed by atoms with van der Waals surface area (Å²) >= 11 is 0. The summed E-state index contributed by atoms with van der Waals surface area (Å²) in [6, 6.07) is -0.634. The van der Waals surface area contributed by atoms with Gasteiger partial charge in [0.05, 0.1) is 12.6 Å². The molecule has 0 saturated heterocycles. The standard InChI is InChI=1S/C15H25N3O5/c1-11(2)5-6-12(10-20)17-14(22)9-18(8-13(16)21)15(23)4-3-7-19/h7,10-12H,3-6,8-9H2,1-2H3,(H2,16,21)(H,17,22). The summed E-state index contributed by atoms with van der Waals surface area (Å²) < 4.78 is 0. The Morgan fingerprint density at radius 3 is 2.26 bits per heavy atom. The van der Waals surface area contributed by atoms with Crippen molar-refractivity contribution in [2.75, 3.05) is 13.1 Å². The molecular weight excluding hydrogens is 302 g/mol. The molecule has 0 fully saturated rings. The van der Waals surface area contributed by atoms with Gasteiger partial charge in [-0.1, -0.05) is 13.8 Å². The zero-order valence-electron chi connectivity index (χ0n) is 13.6. The second-order valence-electron chi connectivity index (χ2n) is 5.70. The molecule has 3 amide bonds. The molecule has 0 aliphatic carbocycles. The van der Waals surface area contributed by atoms with Crippen LogP contribution in [0.1, 0.15) is 39.5 Å². The van der Waals surface area contributed by atoms with E-state index in [9.17, 15) is 24.0 Å². The third-order valence-electron chi connectivity index (χ3n) is 3.08. The van der Waals surface area contributed by atoms with Crippen LogP contribution >= 0.6 is 0 Å². The molecule has 0 radical (unpaired) electrons. The van der Waals surface area contributed by atoms with Gasteiger partial charge >= 0.3 is 0 Å². The number of carbonyl (C=O) groups excluding carboxylic acids is 5. The first-order valence-electron chi connectivity index (χ1n) is 7.54. The molecule has 0 aromatic heterocycles. The molecule has 0 heterocycles. The van der Waals surface area contributed by atoms with Gasteiger partial charge in [0.15, 0.2) is 0 Å². The maximum Gasteiger partial charge on any atom is 0.240 e. The lowest BCUT2D eigenvalue weighted by Gasteiger charge is -2.22. The van der Waals surface area contributed by atoms with Crippen molar-refractivity contribution < 1.29 is 24.0 Å². The summed E-state index contributed by atoms with van der Waals surface area (Å²) in [6.07, 6.45) is 2.39. The molecule has 130 valence electrons. The lowest BCUT2D eigenvalue weighted by molar-refractivity contribution is -0.139. The second kappa shape index (κ2) is 11.3. The van der Waals surface area contributed by atoms with Gasteiger partial charge in [0.25, 0.3) is 0 Å². The van der Waals surface area contributed by atoms with E-state index in [-0.39, 0.29) is 19.4 Å². The van der Waals surface area contributed by atoms with Crippen LogP contribution in [0, 0.1) is 5.92 Å². The van der Waals surface area contributed by atoms with Crippen molar-refractivity contribution >= 4 is 30.3 Å². The van der Waals surface area contributed by atoms with E-state index in [1.165, 1.54) is 0 Å². The normalized spacial score (nSPS) is 11.6. The van der Waals surface area contributed by atoms with Crippen LogP contribution in [0.25, 0.3) is 0 Å². The first-order chi connectivity index (χ1) is 10.8. The molecule has 1 unspecified atom stereocenters. The highest BCUT2D eigenvalue weighted by Gasteiger charge is 2.20. The molecule has 0 spiro atoms. The Morgan fingerprint density at radius 2 is 1.78 bits per heavy atom. The molecule has 0 aliphatic rings. The highest BCUT2D eigenvalue weighted by atomic mass is 16.2. The second-order valence-corrected chi connectivity index (χ2v) is 5.70. The molecule has 8 heteroatoms. The third kappa shape index (κ3) is 10.2. The van der Waals surface area contributed by atoms with Crippen molar-refractivity contribution in [3.05, 3.63) is 0 Å². The van der Waals surface area contributed by atoms with E-state index in [2.05, 4.69) is 5.32 Å². The van der Waals surface area contributed by atoms with Crippen molar-refractivity contribution in [3.63, 3.8) is 0 Å². The van der Waals surface area contributed by atoms with Gasteiger partial charge in [0.2, 0.25) is 17.7 Å². The van der Waals surface area contributed by atoms with Crippen LogP contribution in [0.3, 0.4) is 0 Å². The molecule has 0 aromatic rings. The predicted octanol–water partition coefficient (Wildman–Crippen LogP) is -0.601. The van der Waals surface area contributed by atoms with Crippen molar-refractivity contribution in [3.8, 4) is 0 Å². The maximum absolute atomic E-state index is 11.9. The van der Waals surface area contributed by atoms with Crippen LogP contribution in [-0.2, 0) is 24.0 Å². The minimum absolute atomic E-state index is 0.00106. The number of nitrogens with one attached hydrogen (secondary N) is 1. The average Bonchev–Trinajstić information content (AvgIpc) is 2.47. The maximum atomic E-state index is 11.9. The quantitative estimate of drug-likeness (QED) is 0.463. The Morgan fingerprint density at radius 1 is 1.13 bits per heavy atom. The molecule has 1 atom stereocenters. The number of nitrogens with zero attached hydrogens (tertiary/aromatic N) is 1. The zero-order chi connectivity index (χ0) is 17.8. The number of nitrogens with two attached hydrogens (primary N) is 1. The summed E-state index contributed by atoms with van der Waals surface area (Å²) in [7, 11) is 0. The van der Waals surface area contributed by atoms with E-state index < -0.39 is 30.3 Å². The fourth-order valence-electron chi connectivity index (χ4n) is 1.87. The number of aldehydes is 2. The summed E-state index contributed by atoms with van der Waals surface area (Å²) in [5.74, 6) is -1.43. The monoisotopic (exact) mass is 327 g/mol. The van der Waals surface area contributed by atoms with Crippen molar-refractivity contribution in [2.24, 2.45) is 11.7 Å². The number of carbonyl (C=O) groups is 5. The third-order valence-corrected chi connectivity index (χ3v) is 3.08. The topological polar surface area (TPSA) is 127 Å². The van der Waals surface area contributed by atoms with Crippen LogP contribution in [0.5, 0.6) is 0 Å². The van der Waals surface area contributed by atoms with E-state index in [4.69, 9.17) is 5.73 Å². The molecule has 23 heavy (non-hydrogen) atoms. The van der Waals surface area contributed by atoms with Gasteiger partial charge in [0, 0.05) is 12.8 Å². The number of hydrogen-bond acceptors (Lipinski definition) is 5. The molecule has 8 nitrogen and oxygen atoms in total. The molecular formula is C15H25N3O5. The lowest BCUT2D eigenvalue weighted by Crippen LogP contribution is -2.47. The van der Waals surface area contributed by atoms with E-state index in [1.807, 2.05) is 13.8 Å². The summed E-state index contributed by atoms with van der Waals surface area (Å²) in [4.78, 5) is 57.1. The Hall–Kier alpha value is -2.25. The Bertz CT molecular complexity index is 437. The minimum atomic E-state index is -0.760. The van der Waals surface area contributed by atoms with Gasteiger partial charge in [-0.3, -0.25) is 14.4 Å². The number of amides is 3. The van der Waals surface area contributed by atoms with E-state index in [0.29, 0.717) is 24.9 Å². The number of primary amides is 1. The average molecular weight is 327 g/mol. The van der Waals surface area contributed by atoms with Gasteiger partial charge in [0.1, 0.15) is 19.1 Å². The van der Waals surface area contributed by atoms with Crippen molar-refractivity contribution in [1.29, 1.82) is 0 Å². The van der Waals surface area contributed by atoms with Crippen LogP contribution in [-0.4, -0.2) is 54.3 Å². The minimum Gasteiger partial charge on any atom is -0.368 e. The Labute approximate surface area is 135 Å². The van der Waals surface area contributed by atoms with Gasteiger partial charge < -0.3 is 25.5 Å². The number of rotatable bonds is 12. The fourth-order valence-corrected chi connectivity index (χ4v) is 1.87. The largest absolute Gasteiger partial charge is 0.368 e. The predicted molar refractivity (Wildman–Crippen MR) is 83.1 cm³/mol. The van der Waals surface area contributed by atoms with Gasteiger partial charge in [-0.15, -0.1) is 0 Å². The van der Waals surface area contributed by atoms with E-state index in [0.717, 1.165) is 11.3 Å². The molecule has 0 aliphatic heterocycles. The van der Waals surface area contributed by atoms with Crippen LogP contribution in [0.4, 0.5) is 0 Å².